The number of hydrogen-bond acceptors (Lipinski definition) is 5. The molecule has 0 radical (unpaired) electrons. The van der Waals surface area contributed by atoms with Crippen molar-refractivity contribution in [2.75, 3.05) is 13.1 Å². The number of nitrogens with zero attached hydrogens (tertiary/aromatic N) is 3. The van der Waals surface area contributed by atoms with Gasteiger partial charge in [-0.1, -0.05) is 23.8 Å². The summed E-state index contributed by atoms with van der Waals surface area (Å²) in [5.41, 5.74) is 4.90. The summed E-state index contributed by atoms with van der Waals surface area (Å²) in [5, 5.41) is 0.994. The topological polar surface area (TPSA) is 63.2 Å². The lowest BCUT2D eigenvalue weighted by molar-refractivity contribution is 0.0653. The van der Waals surface area contributed by atoms with Gasteiger partial charge < -0.3 is 4.90 Å². The van der Waals surface area contributed by atoms with E-state index < -0.39 is 0 Å². The molecule has 1 saturated heterocycles. The Morgan fingerprint density at radius 3 is 2.40 bits per heavy atom. The molecule has 1 amide bonds. The van der Waals surface area contributed by atoms with Gasteiger partial charge in [0, 0.05) is 35.7 Å². The van der Waals surface area contributed by atoms with Crippen molar-refractivity contribution in [2.45, 2.75) is 47.5 Å². The fourth-order valence-corrected chi connectivity index (χ4v) is 5.72. The molecule has 0 atom stereocenters. The monoisotopic (exact) mass is 421 g/mol. The van der Waals surface area contributed by atoms with Crippen LogP contribution in [0.1, 0.15) is 61.1 Å². The number of fused-ring (bicyclic) bond motifs is 1. The molecule has 0 aliphatic carbocycles. The first-order chi connectivity index (χ1) is 14.3. The lowest BCUT2D eigenvalue weighted by atomic mass is 9.87. The van der Waals surface area contributed by atoms with Crippen molar-refractivity contribution in [3.63, 3.8) is 0 Å². The van der Waals surface area contributed by atoms with Crippen LogP contribution in [0.2, 0.25) is 0 Å². The minimum absolute atomic E-state index is 0.0188. The van der Waals surface area contributed by atoms with Crippen LogP contribution >= 0.6 is 11.3 Å². The molecule has 156 valence electrons. The second kappa shape index (κ2) is 7.91. The summed E-state index contributed by atoms with van der Waals surface area (Å²) in [6.07, 6.45) is 1.42. The zero-order chi connectivity index (χ0) is 21.6. The van der Waals surface area contributed by atoms with Gasteiger partial charge in [0.25, 0.3) is 5.91 Å². The number of piperidine rings is 1. The number of amides is 1. The van der Waals surface area contributed by atoms with Crippen molar-refractivity contribution in [1.82, 2.24) is 14.9 Å². The Bertz CT molecular complexity index is 1160. The molecule has 2 aromatic heterocycles. The fourth-order valence-electron chi connectivity index (χ4n) is 4.48. The highest BCUT2D eigenvalue weighted by atomic mass is 32.1. The molecule has 0 bridgehead atoms. The number of carbonyl (C=O) groups is 2. The predicted molar refractivity (Wildman–Crippen MR) is 121 cm³/mol. The fraction of sp³-hybridized carbons (Fsp3) is 0.417. The maximum Gasteiger partial charge on any atom is 0.264 e. The highest BCUT2D eigenvalue weighted by Gasteiger charge is 2.30. The molecule has 4 rings (SSSR count). The van der Waals surface area contributed by atoms with Crippen LogP contribution in [0.3, 0.4) is 0 Å². The Labute approximate surface area is 181 Å². The van der Waals surface area contributed by atoms with Crippen molar-refractivity contribution < 1.29 is 9.59 Å². The molecular formula is C24H27N3O2S. The van der Waals surface area contributed by atoms with Gasteiger partial charge in [-0.15, -0.1) is 11.3 Å². The first kappa shape index (κ1) is 20.7. The zero-order valence-electron chi connectivity index (χ0n) is 18.2. The molecule has 0 saturated carbocycles. The maximum absolute atomic E-state index is 13.2. The molecule has 6 heteroatoms. The van der Waals surface area contributed by atoms with E-state index in [9.17, 15) is 9.59 Å². The average Bonchev–Trinajstić information content (AvgIpc) is 3.03. The molecule has 5 nitrogen and oxygen atoms in total. The minimum Gasteiger partial charge on any atom is -0.338 e. The number of ketones is 1. The normalized spacial score (nSPS) is 15.0. The van der Waals surface area contributed by atoms with Gasteiger partial charge in [-0.3, -0.25) is 9.59 Å². The van der Waals surface area contributed by atoms with Gasteiger partial charge in [-0.25, -0.2) is 9.97 Å². The van der Waals surface area contributed by atoms with Gasteiger partial charge in [0.1, 0.15) is 10.7 Å². The van der Waals surface area contributed by atoms with E-state index in [1.54, 1.807) is 0 Å². The molecular weight excluding hydrogens is 394 g/mol. The Morgan fingerprint density at radius 2 is 1.73 bits per heavy atom. The Morgan fingerprint density at radius 1 is 1.03 bits per heavy atom. The van der Waals surface area contributed by atoms with E-state index in [1.165, 1.54) is 16.9 Å². The number of rotatable bonds is 3. The van der Waals surface area contributed by atoms with E-state index in [4.69, 9.17) is 0 Å². The first-order valence-corrected chi connectivity index (χ1v) is 11.2. The van der Waals surface area contributed by atoms with Gasteiger partial charge in [0.05, 0.1) is 4.88 Å². The first-order valence-electron chi connectivity index (χ1n) is 10.4. The third-order valence-corrected chi connectivity index (χ3v) is 7.25. The van der Waals surface area contributed by atoms with E-state index in [-0.39, 0.29) is 17.6 Å². The molecule has 0 unspecified atom stereocenters. The van der Waals surface area contributed by atoms with Crippen molar-refractivity contribution in [1.29, 1.82) is 0 Å². The summed E-state index contributed by atoms with van der Waals surface area (Å²) >= 11 is 1.45. The molecule has 0 N–H and O–H groups in total. The number of aryl methyl sites for hydroxylation is 5. The molecule has 1 aliphatic rings. The van der Waals surface area contributed by atoms with Crippen molar-refractivity contribution in [3.05, 3.63) is 56.8 Å². The van der Waals surface area contributed by atoms with Gasteiger partial charge in [0.15, 0.2) is 5.78 Å². The maximum atomic E-state index is 13.2. The lowest BCUT2D eigenvalue weighted by Gasteiger charge is -2.31. The van der Waals surface area contributed by atoms with Crippen LogP contribution in [-0.2, 0) is 0 Å². The zero-order valence-corrected chi connectivity index (χ0v) is 19.0. The molecule has 1 aliphatic heterocycles. The molecule has 30 heavy (non-hydrogen) atoms. The van der Waals surface area contributed by atoms with Crippen LogP contribution in [0.4, 0.5) is 0 Å². The van der Waals surface area contributed by atoms with Crippen LogP contribution in [0.15, 0.2) is 18.2 Å². The lowest BCUT2D eigenvalue weighted by Crippen LogP contribution is -2.40. The number of hydrogen-bond donors (Lipinski definition) is 0. The molecule has 1 fully saturated rings. The van der Waals surface area contributed by atoms with Gasteiger partial charge in [-0.05, 0) is 58.6 Å². The molecule has 3 aromatic rings. The summed E-state index contributed by atoms with van der Waals surface area (Å²) in [4.78, 5) is 38.7. The summed E-state index contributed by atoms with van der Waals surface area (Å²) in [6, 6.07) is 5.99. The SMILES string of the molecule is Cc1ccc(C(=O)C2CCN(C(=O)c3sc4nc(C)nc(C)c4c3C)CC2)c(C)c1. The third kappa shape index (κ3) is 3.65. The summed E-state index contributed by atoms with van der Waals surface area (Å²) < 4.78 is 0. The largest absolute Gasteiger partial charge is 0.338 e. The Hall–Kier alpha value is -2.60. The molecule has 0 spiro atoms. The highest BCUT2D eigenvalue weighted by Crippen LogP contribution is 2.33. The Balaban J connectivity index is 1.50. The number of likely N-dealkylation sites (tertiary alicyclic amines) is 1. The van der Waals surface area contributed by atoms with E-state index in [1.807, 2.05) is 51.7 Å². The highest BCUT2D eigenvalue weighted by molar-refractivity contribution is 7.20. The molecule has 1 aromatic carbocycles. The standard InChI is InChI=1S/C24H27N3O2S/c1-13-6-7-19(14(2)12-13)21(28)18-8-10-27(11-9-18)24(29)22-15(3)20-16(4)25-17(5)26-23(20)30-22/h6-7,12,18H,8-11H2,1-5H3. The predicted octanol–water partition coefficient (Wildman–Crippen LogP) is 4.97. The quantitative estimate of drug-likeness (QED) is 0.560. The molecule has 3 heterocycles. The number of carbonyl (C=O) groups excluding carboxylic acids is 2. The second-order valence-electron chi connectivity index (χ2n) is 8.34. The average molecular weight is 422 g/mol. The van der Waals surface area contributed by atoms with Crippen molar-refractivity contribution >= 4 is 33.2 Å². The summed E-state index contributed by atoms with van der Waals surface area (Å²) in [6.45, 7) is 11.1. The van der Waals surface area contributed by atoms with Gasteiger partial charge in [0.2, 0.25) is 0 Å². The smallest absolute Gasteiger partial charge is 0.264 e. The van der Waals surface area contributed by atoms with Crippen LogP contribution < -0.4 is 0 Å². The Kier molecular flexibility index (Phi) is 5.45. The number of benzene rings is 1. The number of thiophene rings is 1. The summed E-state index contributed by atoms with van der Waals surface area (Å²) in [5.74, 6) is 0.963. The van der Waals surface area contributed by atoms with E-state index >= 15 is 0 Å². The van der Waals surface area contributed by atoms with Crippen LogP contribution in [0, 0.1) is 40.5 Å². The minimum atomic E-state index is -0.0188. The van der Waals surface area contributed by atoms with Crippen molar-refractivity contribution in [2.24, 2.45) is 5.92 Å². The number of Topliss-reactive ketones (excluding diaryl/α,β-unsaturated/α-hetero) is 1. The van der Waals surface area contributed by atoms with Crippen LogP contribution in [0.5, 0.6) is 0 Å². The third-order valence-electron chi connectivity index (χ3n) is 6.08. The van der Waals surface area contributed by atoms with Crippen LogP contribution in [-0.4, -0.2) is 39.6 Å². The van der Waals surface area contributed by atoms with Gasteiger partial charge >= 0.3 is 0 Å². The van der Waals surface area contributed by atoms with Crippen LogP contribution in [0.25, 0.3) is 10.2 Å². The van der Waals surface area contributed by atoms with Crippen molar-refractivity contribution in [3.8, 4) is 0 Å². The number of aromatic nitrogens is 2. The van der Waals surface area contributed by atoms with E-state index in [0.29, 0.717) is 25.9 Å². The van der Waals surface area contributed by atoms with E-state index in [0.717, 1.165) is 43.3 Å². The summed E-state index contributed by atoms with van der Waals surface area (Å²) in [7, 11) is 0. The van der Waals surface area contributed by atoms with E-state index in [2.05, 4.69) is 16.0 Å². The second-order valence-corrected chi connectivity index (χ2v) is 9.34. The van der Waals surface area contributed by atoms with Gasteiger partial charge in [-0.2, -0.15) is 0 Å².